The molecule has 0 aliphatic heterocycles. The van der Waals surface area contributed by atoms with Crippen molar-refractivity contribution in [1.29, 1.82) is 0 Å². The zero-order valence-corrected chi connectivity index (χ0v) is 15.4. The Balaban J connectivity index is 1.90. The number of rotatable bonds is 4. The van der Waals surface area contributed by atoms with Crippen LogP contribution in [-0.2, 0) is 16.3 Å². The minimum absolute atomic E-state index is 0.0185. The number of carbonyl (C=O) groups excluding carboxylic acids is 1. The Morgan fingerprint density at radius 3 is 2.73 bits per heavy atom. The average Bonchev–Trinajstić information content (AvgIpc) is 2.94. The average molecular weight is 375 g/mol. The third kappa shape index (κ3) is 3.88. The number of hydrogen-bond donors (Lipinski definition) is 1. The van der Waals surface area contributed by atoms with Crippen molar-refractivity contribution in [2.24, 2.45) is 5.41 Å². The highest BCUT2D eigenvalue weighted by Crippen LogP contribution is 2.30. The molecule has 0 aliphatic rings. The molecule has 0 unspecified atom stereocenters. The van der Waals surface area contributed by atoms with Gasteiger partial charge in [0.25, 0.3) is 0 Å². The number of anilines is 1. The fraction of sp³-hybridized carbons (Fsp3) is 0.278. The largest absolute Gasteiger partial charge is 0.443 e. The monoisotopic (exact) mass is 374 g/mol. The fourth-order valence-corrected chi connectivity index (χ4v) is 2.39. The van der Waals surface area contributed by atoms with Crippen LogP contribution >= 0.6 is 11.6 Å². The van der Waals surface area contributed by atoms with E-state index in [4.69, 9.17) is 26.8 Å². The summed E-state index contributed by atoms with van der Waals surface area (Å²) in [5.41, 5.74) is 6.26. The van der Waals surface area contributed by atoms with Gasteiger partial charge >= 0.3 is 5.97 Å². The van der Waals surface area contributed by atoms with Gasteiger partial charge in [-0.05, 0) is 50.6 Å². The van der Waals surface area contributed by atoms with Crippen molar-refractivity contribution in [2.45, 2.75) is 27.5 Å². The van der Waals surface area contributed by atoms with Crippen LogP contribution in [0, 0.1) is 5.41 Å². The number of nitrogens with two attached hydrogens (primary N) is 1. The summed E-state index contributed by atoms with van der Waals surface area (Å²) in [5, 5.41) is 0.669. The van der Waals surface area contributed by atoms with Crippen LogP contribution in [0.4, 0.5) is 5.69 Å². The molecule has 8 heteroatoms. The topological polar surface area (TPSA) is 92.3 Å². The van der Waals surface area contributed by atoms with Gasteiger partial charge in [-0.3, -0.25) is 9.36 Å². The number of aromatic nitrogens is 3. The van der Waals surface area contributed by atoms with E-state index in [-0.39, 0.29) is 18.0 Å². The van der Waals surface area contributed by atoms with Gasteiger partial charge in [-0.1, -0.05) is 6.07 Å². The molecule has 0 saturated carbocycles. The molecule has 3 aromatic rings. The molecule has 7 nitrogen and oxygen atoms in total. The Labute approximate surface area is 155 Å². The summed E-state index contributed by atoms with van der Waals surface area (Å²) >= 11 is 6.04. The molecule has 0 aliphatic carbocycles. The first-order valence-corrected chi connectivity index (χ1v) is 8.35. The molecular weight excluding hydrogens is 356 g/mol. The molecule has 2 aromatic heterocycles. The van der Waals surface area contributed by atoms with Gasteiger partial charge in [-0.25, -0.2) is 0 Å². The van der Waals surface area contributed by atoms with Crippen molar-refractivity contribution in [1.82, 2.24) is 14.5 Å². The van der Waals surface area contributed by atoms with Crippen LogP contribution in [0.1, 0.15) is 20.8 Å². The quantitative estimate of drug-likeness (QED) is 0.421. The third-order valence-corrected chi connectivity index (χ3v) is 3.75. The highest BCUT2D eigenvalue weighted by atomic mass is 35.5. The Kier molecular flexibility index (Phi) is 4.73. The maximum atomic E-state index is 12.0. The number of nitrogens with zero attached hydrogens (tertiary/aromatic N) is 3. The first kappa shape index (κ1) is 18.0. The molecule has 2 heterocycles. The lowest BCUT2D eigenvalue weighted by atomic mass is 9.98. The highest BCUT2D eigenvalue weighted by molar-refractivity contribution is 6.28. The minimum atomic E-state index is -0.586. The summed E-state index contributed by atoms with van der Waals surface area (Å²) in [6.07, 6.45) is 1.73. The number of carbonyl (C=O) groups is 1. The van der Waals surface area contributed by atoms with E-state index in [1.807, 2.05) is 0 Å². The van der Waals surface area contributed by atoms with E-state index in [0.29, 0.717) is 28.4 Å². The zero-order valence-electron chi connectivity index (χ0n) is 14.7. The maximum absolute atomic E-state index is 12.0. The molecule has 0 atom stereocenters. The summed E-state index contributed by atoms with van der Waals surface area (Å²) in [5.74, 6) is 0.523. The zero-order chi connectivity index (χ0) is 18.9. The molecule has 1 aromatic carbocycles. The van der Waals surface area contributed by atoms with Gasteiger partial charge in [-0.15, -0.1) is 0 Å². The Hall–Kier alpha value is -2.80. The second-order valence-corrected chi connectivity index (χ2v) is 7.14. The van der Waals surface area contributed by atoms with Crippen molar-refractivity contribution in [3.8, 4) is 11.6 Å². The molecule has 3 rings (SSSR count). The predicted octanol–water partition coefficient (Wildman–Crippen LogP) is 4.01. The Bertz CT molecular complexity index is 963. The molecule has 2 N–H and O–H groups in total. The third-order valence-electron chi connectivity index (χ3n) is 3.58. The molecule has 0 saturated heterocycles. The first-order valence-electron chi connectivity index (χ1n) is 7.97. The van der Waals surface area contributed by atoms with E-state index in [1.165, 1.54) is 0 Å². The molecular formula is C18H19ClN4O3. The minimum Gasteiger partial charge on any atom is -0.443 e. The Morgan fingerprint density at radius 1 is 1.27 bits per heavy atom. The molecule has 0 spiro atoms. The molecule has 0 radical (unpaired) electrons. The molecule has 0 amide bonds. The van der Waals surface area contributed by atoms with Crippen LogP contribution in [0.15, 0.2) is 36.5 Å². The molecule has 136 valence electrons. The van der Waals surface area contributed by atoms with Gasteiger partial charge < -0.3 is 15.2 Å². The SMILES string of the molecule is CC(C)(C)C(=O)OCn1ccc2c(Oc3cccc(N)c3)nc(Cl)nc21. The van der Waals surface area contributed by atoms with Crippen LogP contribution in [-0.4, -0.2) is 20.5 Å². The van der Waals surface area contributed by atoms with Gasteiger partial charge in [0.15, 0.2) is 12.4 Å². The lowest BCUT2D eigenvalue weighted by Gasteiger charge is -2.17. The summed E-state index contributed by atoms with van der Waals surface area (Å²) in [6.45, 7) is 5.39. The normalized spacial score (nSPS) is 11.5. The van der Waals surface area contributed by atoms with Gasteiger partial charge in [-0.2, -0.15) is 9.97 Å². The summed E-state index contributed by atoms with van der Waals surface area (Å²) < 4.78 is 12.8. The summed E-state index contributed by atoms with van der Waals surface area (Å²) in [6, 6.07) is 8.76. The first-order chi connectivity index (χ1) is 12.2. The number of esters is 1. The van der Waals surface area contributed by atoms with E-state index in [9.17, 15) is 4.79 Å². The van der Waals surface area contributed by atoms with Crippen LogP contribution in [0.5, 0.6) is 11.6 Å². The van der Waals surface area contributed by atoms with Crippen LogP contribution in [0.2, 0.25) is 5.28 Å². The number of halogens is 1. The fourth-order valence-electron chi connectivity index (χ4n) is 2.23. The predicted molar refractivity (Wildman–Crippen MR) is 99.0 cm³/mol. The van der Waals surface area contributed by atoms with Crippen LogP contribution < -0.4 is 10.5 Å². The van der Waals surface area contributed by atoms with E-state index in [0.717, 1.165) is 0 Å². The maximum Gasteiger partial charge on any atom is 0.312 e. The van der Waals surface area contributed by atoms with E-state index >= 15 is 0 Å². The number of fused-ring (bicyclic) bond motifs is 1. The van der Waals surface area contributed by atoms with Crippen LogP contribution in [0.25, 0.3) is 11.0 Å². The van der Waals surface area contributed by atoms with Crippen molar-refractivity contribution in [3.63, 3.8) is 0 Å². The molecule has 0 bridgehead atoms. The van der Waals surface area contributed by atoms with Crippen LogP contribution in [0.3, 0.4) is 0 Å². The molecule has 26 heavy (non-hydrogen) atoms. The van der Waals surface area contributed by atoms with E-state index < -0.39 is 5.41 Å². The van der Waals surface area contributed by atoms with Gasteiger partial charge in [0.1, 0.15) is 5.75 Å². The highest BCUT2D eigenvalue weighted by Gasteiger charge is 2.23. The number of ether oxygens (including phenoxy) is 2. The van der Waals surface area contributed by atoms with Crippen molar-refractivity contribution >= 4 is 34.3 Å². The number of hydrogen-bond acceptors (Lipinski definition) is 6. The number of nitrogen functional groups attached to an aromatic ring is 1. The Morgan fingerprint density at radius 2 is 2.04 bits per heavy atom. The van der Waals surface area contributed by atoms with Crippen molar-refractivity contribution < 1.29 is 14.3 Å². The summed E-state index contributed by atoms with van der Waals surface area (Å²) in [7, 11) is 0. The standard InChI is InChI=1S/C18H19ClN4O3/c1-18(2,3)16(24)25-10-23-8-7-13-14(23)21-17(19)22-15(13)26-12-6-4-5-11(20)9-12/h4-9H,10,20H2,1-3H3. The second-order valence-electron chi connectivity index (χ2n) is 6.81. The lowest BCUT2D eigenvalue weighted by molar-refractivity contribution is -0.156. The lowest BCUT2D eigenvalue weighted by Crippen LogP contribution is -2.23. The van der Waals surface area contributed by atoms with Gasteiger partial charge in [0.2, 0.25) is 11.2 Å². The van der Waals surface area contributed by atoms with E-state index in [2.05, 4.69) is 9.97 Å². The van der Waals surface area contributed by atoms with E-state index in [1.54, 1.807) is 61.9 Å². The van der Waals surface area contributed by atoms with Crippen molar-refractivity contribution in [3.05, 3.63) is 41.8 Å². The molecule has 0 fully saturated rings. The second kappa shape index (κ2) is 6.84. The smallest absolute Gasteiger partial charge is 0.312 e. The van der Waals surface area contributed by atoms with Gasteiger partial charge in [0.05, 0.1) is 10.8 Å². The summed E-state index contributed by atoms with van der Waals surface area (Å²) in [4.78, 5) is 20.3. The van der Waals surface area contributed by atoms with Gasteiger partial charge in [0, 0.05) is 18.0 Å². The number of benzene rings is 1. The van der Waals surface area contributed by atoms with Crippen molar-refractivity contribution in [2.75, 3.05) is 5.73 Å².